The van der Waals surface area contributed by atoms with Gasteiger partial charge in [0.2, 0.25) is 5.91 Å². The smallest absolute Gasteiger partial charge is 0.224 e. The maximum absolute atomic E-state index is 12.2. The van der Waals surface area contributed by atoms with Crippen LogP contribution in [0.1, 0.15) is 25.3 Å². The first-order valence-corrected chi connectivity index (χ1v) is 6.60. The third-order valence-corrected chi connectivity index (χ3v) is 3.20. The van der Waals surface area contributed by atoms with Gasteiger partial charge in [-0.05, 0) is 18.0 Å². The fourth-order valence-corrected chi connectivity index (χ4v) is 1.89. The zero-order chi connectivity index (χ0) is 14.1. The van der Waals surface area contributed by atoms with E-state index in [1.54, 1.807) is 4.90 Å². The Balaban J connectivity index is 2.66. The molecule has 0 aliphatic heterocycles. The average molecular weight is 259 g/mol. The Labute approximate surface area is 114 Å². The van der Waals surface area contributed by atoms with Gasteiger partial charge in [-0.15, -0.1) is 0 Å². The van der Waals surface area contributed by atoms with Crippen molar-refractivity contribution >= 4 is 5.91 Å². The number of carbonyl (C=O) groups excluding carboxylic acids is 1. The van der Waals surface area contributed by atoms with Gasteiger partial charge in [0.05, 0.1) is 6.07 Å². The van der Waals surface area contributed by atoms with Crippen molar-refractivity contribution in [2.24, 2.45) is 11.7 Å². The maximum atomic E-state index is 12.2. The second-order valence-electron chi connectivity index (χ2n) is 4.61. The van der Waals surface area contributed by atoms with E-state index in [-0.39, 0.29) is 18.4 Å². The second kappa shape index (κ2) is 8.28. The van der Waals surface area contributed by atoms with Gasteiger partial charge in [-0.3, -0.25) is 4.79 Å². The predicted molar refractivity (Wildman–Crippen MR) is 74.9 cm³/mol. The molecule has 4 nitrogen and oxygen atoms in total. The predicted octanol–water partition coefficient (Wildman–Crippen LogP) is 1.91. The highest BCUT2D eigenvalue weighted by Gasteiger charge is 2.17. The van der Waals surface area contributed by atoms with Crippen LogP contribution in [0.3, 0.4) is 0 Å². The Kier molecular flexibility index (Phi) is 6.62. The molecule has 0 heterocycles. The van der Waals surface area contributed by atoms with Gasteiger partial charge in [-0.1, -0.05) is 43.7 Å². The van der Waals surface area contributed by atoms with Crippen LogP contribution >= 0.6 is 0 Å². The first-order valence-electron chi connectivity index (χ1n) is 6.60. The van der Waals surface area contributed by atoms with E-state index < -0.39 is 0 Å². The summed E-state index contributed by atoms with van der Waals surface area (Å²) in [6, 6.07) is 11.8. The van der Waals surface area contributed by atoms with Crippen LogP contribution in [-0.4, -0.2) is 23.9 Å². The topological polar surface area (TPSA) is 70.1 Å². The summed E-state index contributed by atoms with van der Waals surface area (Å²) in [4.78, 5) is 13.8. The average Bonchev–Trinajstić information content (AvgIpc) is 2.45. The first kappa shape index (κ1) is 15.2. The van der Waals surface area contributed by atoms with Gasteiger partial charge in [-0.2, -0.15) is 5.26 Å². The summed E-state index contributed by atoms with van der Waals surface area (Å²) in [5, 5.41) is 8.84. The first-order chi connectivity index (χ1) is 9.21. The van der Waals surface area contributed by atoms with Gasteiger partial charge in [0.15, 0.2) is 0 Å². The normalized spacial score (nSPS) is 11.6. The van der Waals surface area contributed by atoms with Crippen molar-refractivity contribution in [3.05, 3.63) is 35.9 Å². The molecule has 2 N–H and O–H groups in total. The van der Waals surface area contributed by atoms with E-state index in [0.717, 1.165) is 12.0 Å². The zero-order valence-electron chi connectivity index (χ0n) is 11.4. The van der Waals surface area contributed by atoms with E-state index in [4.69, 9.17) is 11.0 Å². The van der Waals surface area contributed by atoms with Crippen LogP contribution in [0, 0.1) is 17.2 Å². The molecule has 1 amide bonds. The van der Waals surface area contributed by atoms with Crippen LogP contribution in [0.2, 0.25) is 0 Å². The summed E-state index contributed by atoms with van der Waals surface area (Å²) in [5.74, 6) is 0.201. The minimum atomic E-state index is 0.00250. The van der Waals surface area contributed by atoms with Crippen molar-refractivity contribution in [1.82, 2.24) is 4.90 Å². The van der Waals surface area contributed by atoms with Gasteiger partial charge in [0, 0.05) is 13.0 Å². The molecule has 102 valence electrons. The lowest BCUT2D eigenvalue weighted by molar-refractivity contribution is -0.132. The third kappa shape index (κ3) is 5.11. The summed E-state index contributed by atoms with van der Waals surface area (Å²) >= 11 is 0. The quantitative estimate of drug-likeness (QED) is 0.760. The molecular weight excluding hydrogens is 238 g/mol. The van der Waals surface area contributed by atoms with Crippen LogP contribution in [-0.2, 0) is 11.3 Å². The standard InChI is InChI=1S/C15H21N3O/c1-2-13(11-17)10-15(19)18(9-8-16)12-14-6-4-3-5-7-14/h3-7,13H,2,9-12,17H2,1H3. The monoisotopic (exact) mass is 259 g/mol. The molecule has 1 aromatic rings. The van der Waals surface area contributed by atoms with Crippen molar-refractivity contribution in [1.29, 1.82) is 5.26 Å². The number of nitrogens with zero attached hydrogens (tertiary/aromatic N) is 2. The lowest BCUT2D eigenvalue weighted by Crippen LogP contribution is -2.33. The summed E-state index contributed by atoms with van der Waals surface area (Å²) in [6.07, 6.45) is 1.30. The fraction of sp³-hybridized carbons (Fsp3) is 0.467. The largest absolute Gasteiger partial charge is 0.330 e. The zero-order valence-corrected chi connectivity index (χ0v) is 11.4. The minimum Gasteiger partial charge on any atom is -0.330 e. The summed E-state index contributed by atoms with van der Waals surface area (Å²) in [6.45, 7) is 3.13. The Hall–Kier alpha value is -1.86. The highest BCUT2D eigenvalue weighted by atomic mass is 16.2. The lowest BCUT2D eigenvalue weighted by Gasteiger charge is -2.22. The summed E-state index contributed by atoms with van der Waals surface area (Å²) in [7, 11) is 0. The molecule has 0 aromatic heterocycles. The number of rotatable bonds is 7. The summed E-state index contributed by atoms with van der Waals surface area (Å²) < 4.78 is 0. The van der Waals surface area contributed by atoms with Gasteiger partial charge >= 0.3 is 0 Å². The Morgan fingerprint density at radius 1 is 1.42 bits per heavy atom. The molecule has 0 saturated heterocycles. The number of amides is 1. The van der Waals surface area contributed by atoms with Crippen molar-refractivity contribution in [3.8, 4) is 6.07 Å². The molecule has 0 radical (unpaired) electrons. The number of carbonyl (C=O) groups is 1. The van der Waals surface area contributed by atoms with Gasteiger partial charge in [0.1, 0.15) is 6.54 Å². The number of hydrogen-bond acceptors (Lipinski definition) is 3. The molecule has 0 aliphatic carbocycles. The molecule has 1 atom stereocenters. The van der Waals surface area contributed by atoms with E-state index in [2.05, 4.69) is 6.07 Å². The van der Waals surface area contributed by atoms with E-state index >= 15 is 0 Å². The number of hydrogen-bond donors (Lipinski definition) is 1. The van der Waals surface area contributed by atoms with Gasteiger partial charge < -0.3 is 10.6 Å². The molecule has 4 heteroatoms. The minimum absolute atomic E-state index is 0.00250. The lowest BCUT2D eigenvalue weighted by atomic mass is 10.0. The molecular formula is C15H21N3O. The second-order valence-corrected chi connectivity index (χ2v) is 4.61. The molecule has 0 spiro atoms. The van der Waals surface area contributed by atoms with Crippen LogP contribution in [0.5, 0.6) is 0 Å². The van der Waals surface area contributed by atoms with Crippen LogP contribution in [0.25, 0.3) is 0 Å². The highest BCUT2D eigenvalue weighted by molar-refractivity contribution is 5.76. The fourth-order valence-electron chi connectivity index (χ4n) is 1.89. The third-order valence-electron chi connectivity index (χ3n) is 3.20. The van der Waals surface area contributed by atoms with Gasteiger partial charge in [0.25, 0.3) is 0 Å². The molecule has 19 heavy (non-hydrogen) atoms. The Morgan fingerprint density at radius 3 is 2.63 bits per heavy atom. The van der Waals surface area contributed by atoms with Crippen LogP contribution in [0.4, 0.5) is 0 Å². The molecule has 0 fully saturated rings. The Bertz CT molecular complexity index is 421. The van der Waals surface area contributed by atoms with Crippen LogP contribution < -0.4 is 5.73 Å². The van der Waals surface area contributed by atoms with Crippen molar-refractivity contribution in [2.75, 3.05) is 13.1 Å². The van der Waals surface area contributed by atoms with E-state index in [9.17, 15) is 4.79 Å². The maximum Gasteiger partial charge on any atom is 0.224 e. The van der Waals surface area contributed by atoms with Crippen molar-refractivity contribution < 1.29 is 4.79 Å². The molecule has 0 bridgehead atoms. The van der Waals surface area contributed by atoms with E-state index in [0.29, 0.717) is 19.5 Å². The van der Waals surface area contributed by atoms with Gasteiger partial charge in [-0.25, -0.2) is 0 Å². The van der Waals surface area contributed by atoms with Crippen molar-refractivity contribution in [3.63, 3.8) is 0 Å². The molecule has 1 aromatic carbocycles. The number of benzene rings is 1. The summed E-state index contributed by atoms with van der Waals surface area (Å²) in [5.41, 5.74) is 6.66. The van der Waals surface area contributed by atoms with Crippen LogP contribution in [0.15, 0.2) is 30.3 Å². The molecule has 1 unspecified atom stereocenters. The molecule has 1 rings (SSSR count). The SMILES string of the molecule is CCC(CN)CC(=O)N(CC#N)Cc1ccccc1. The number of nitrogens with two attached hydrogens (primary N) is 1. The molecule has 0 aliphatic rings. The highest BCUT2D eigenvalue weighted by Crippen LogP contribution is 2.11. The van der Waals surface area contributed by atoms with E-state index in [1.807, 2.05) is 37.3 Å². The Morgan fingerprint density at radius 2 is 2.11 bits per heavy atom. The molecule has 0 saturated carbocycles. The van der Waals surface area contributed by atoms with Crippen molar-refractivity contribution in [2.45, 2.75) is 26.3 Å². The van der Waals surface area contributed by atoms with E-state index in [1.165, 1.54) is 0 Å². The number of nitriles is 1.